The number of hydrogen-bond donors (Lipinski definition) is 1. The predicted molar refractivity (Wildman–Crippen MR) is 55.0 cm³/mol. The van der Waals surface area contributed by atoms with Crippen LogP contribution < -0.4 is 5.43 Å². The summed E-state index contributed by atoms with van der Waals surface area (Å²) in [4.78, 5) is 0. The Labute approximate surface area is 77.3 Å². The van der Waals surface area contributed by atoms with Gasteiger partial charge in [-0.15, -0.1) is 0 Å². The lowest BCUT2D eigenvalue weighted by atomic mass is 9.97. The largest absolute Gasteiger partial charge is 0.250 e. The highest BCUT2D eigenvalue weighted by Crippen LogP contribution is 2.13. The number of nitrogens with zero attached hydrogens (tertiary/aromatic N) is 1. The van der Waals surface area contributed by atoms with Gasteiger partial charge in [0.1, 0.15) is 0 Å². The summed E-state index contributed by atoms with van der Waals surface area (Å²) in [6.07, 6.45) is 0. The van der Waals surface area contributed by atoms with Crippen molar-refractivity contribution in [3.05, 3.63) is 0 Å². The molecule has 2 nitrogen and oxygen atoms in total. The first-order valence-electron chi connectivity index (χ1n) is 4.59. The van der Waals surface area contributed by atoms with Crippen LogP contribution in [0.3, 0.4) is 0 Å². The number of nitrogens with one attached hydrogen (secondary N) is 1. The van der Waals surface area contributed by atoms with Gasteiger partial charge >= 0.3 is 0 Å². The second-order valence-corrected chi connectivity index (χ2v) is 5.78. The fourth-order valence-corrected chi connectivity index (χ4v) is 1.32. The minimum absolute atomic E-state index is 0.167. The summed E-state index contributed by atoms with van der Waals surface area (Å²) >= 11 is 0. The molecule has 0 aliphatic heterocycles. The number of rotatable bonds is 2. The Hall–Kier alpha value is -0.0800. The van der Waals surface area contributed by atoms with Crippen LogP contribution in [0.15, 0.2) is 0 Å². The molecule has 0 bridgehead atoms. The third-order valence-electron chi connectivity index (χ3n) is 1.24. The second kappa shape index (κ2) is 3.75. The zero-order valence-corrected chi connectivity index (χ0v) is 9.65. The van der Waals surface area contributed by atoms with Gasteiger partial charge < -0.3 is 0 Å². The zero-order chi connectivity index (χ0) is 9.99. The highest BCUT2D eigenvalue weighted by atomic mass is 15.5. The Morgan fingerprint density at radius 2 is 1.42 bits per heavy atom. The van der Waals surface area contributed by atoms with Crippen LogP contribution >= 0.6 is 0 Å². The lowest BCUT2D eigenvalue weighted by molar-refractivity contribution is 0.116. The average molecular weight is 172 g/mol. The Morgan fingerprint density at radius 1 is 1.00 bits per heavy atom. The minimum Gasteiger partial charge on any atom is -0.250 e. The molecular formula is C10H24N2. The van der Waals surface area contributed by atoms with Crippen LogP contribution in [-0.2, 0) is 0 Å². The van der Waals surface area contributed by atoms with Crippen LogP contribution in [0.1, 0.15) is 41.5 Å². The molecule has 0 spiro atoms. The molecule has 0 saturated heterocycles. The van der Waals surface area contributed by atoms with Gasteiger partial charge in [0, 0.05) is 19.1 Å². The van der Waals surface area contributed by atoms with Gasteiger partial charge in [0.05, 0.1) is 0 Å². The maximum atomic E-state index is 3.41. The predicted octanol–water partition coefficient (Wildman–Crippen LogP) is 2.27. The molecule has 0 rings (SSSR count). The molecule has 12 heavy (non-hydrogen) atoms. The van der Waals surface area contributed by atoms with Crippen molar-refractivity contribution < 1.29 is 0 Å². The Balaban J connectivity index is 3.83. The van der Waals surface area contributed by atoms with E-state index in [0.717, 1.165) is 6.54 Å². The summed E-state index contributed by atoms with van der Waals surface area (Å²) in [5, 5.41) is 2.17. The van der Waals surface area contributed by atoms with Crippen LogP contribution in [0.5, 0.6) is 0 Å². The van der Waals surface area contributed by atoms with Crippen molar-refractivity contribution >= 4 is 0 Å². The van der Waals surface area contributed by atoms with E-state index in [1.807, 2.05) is 0 Å². The topological polar surface area (TPSA) is 15.3 Å². The minimum atomic E-state index is 0.167. The van der Waals surface area contributed by atoms with E-state index in [2.05, 4.69) is 59.0 Å². The molecular weight excluding hydrogens is 148 g/mol. The maximum Gasteiger partial charge on any atom is 0.0241 e. The summed E-state index contributed by atoms with van der Waals surface area (Å²) in [5.74, 6) is 0. The third-order valence-corrected chi connectivity index (χ3v) is 1.24. The van der Waals surface area contributed by atoms with Crippen LogP contribution in [0.25, 0.3) is 0 Å². The molecule has 0 heterocycles. The van der Waals surface area contributed by atoms with E-state index in [1.54, 1.807) is 0 Å². The highest BCUT2D eigenvalue weighted by molar-refractivity contribution is 4.71. The molecule has 74 valence electrons. The molecule has 0 aromatic carbocycles. The fourth-order valence-electron chi connectivity index (χ4n) is 1.32. The summed E-state index contributed by atoms with van der Waals surface area (Å²) in [5.41, 5.74) is 3.93. The lowest BCUT2D eigenvalue weighted by Crippen LogP contribution is -2.49. The van der Waals surface area contributed by atoms with Crippen molar-refractivity contribution in [3.8, 4) is 0 Å². The van der Waals surface area contributed by atoms with E-state index in [9.17, 15) is 0 Å². The van der Waals surface area contributed by atoms with E-state index in [4.69, 9.17) is 0 Å². The van der Waals surface area contributed by atoms with Crippen molar-refractivity contribution in [3.63, 3.8) is 0 Å². The van der Waals surface area contributed by atoms with Gasteiger partial charge in [-0.05, 0) is 26.2 Å². The molecule has 0 aliphatic carbocycles. The Morgan fingerprint density at radius 3 is 1.67 bits per heavy atom. The smallest absolute Gasteiger partial charge is 0.0241 e. The average Bonchev–Trinajstić information content (AvgIpc) is 1.49. The maximum absolute atomic E-state index is 3.41. The molecule has 0 fully saturated rings. The zero-order valence-electron chi connectivity index (χ0n) is 9.65. The van der Waals surface area contributed by atoms with Crippen LogP contribution in [-0.4, -0.2) is 24.1 Å². The quantitative estimate of drug-likeness (QED) is 0.643. The Bertz CT molecular complexity index is 112. The first kappa shape index (κ1) is 11.9. The number of hydrogen-bond acceptors (Lipinski definition) is 2. The van der Waals surface area contributed by atoms with E-state index in [0.29, 0.717) is 5.41 Å². The van der Waals surface area contributed by atoms with Crippen LogP contribution in [0.4, 0.5) is 0 Å². The molecule has 0 aromatic rings. The second-order valence-electron chi connectivity index (χ2n) is 5.78. The molecule has 0 aliphatic rings. The molecule has 0 unspecified atom stereocenters. The standard InChI is InChI=1S/C10H24N2/c1-9(2,3)8-12(7)11-10(4,5)6/h11H,8H2,1-7H3. The van der Waals surface area contributed by atoms with E-state index < -0.39 is 0 Å². The molecule has 0 saturated carbocycles. The van der Waals surface area contributed by atoms with Crippen LogP contribution in [0.2, 0.25) is 0 Å². The summed E-state index contributed by atoms with van der Waals surface area (Å²) in [6, 6.07) is 0. The lowest BCUT2D eigenvalue weighted by Gasteiger charge is -2.33. The molecule has 0 aromatic heterocycles. The molecule has 2 heteroatoms. The summed E-state index contributed by atoms with van der Waals surface area (Å²) < 4.78 is 0. The van der Waals surface area contributed by atoms with Crippen LogP contribution in [0, 0.1) is 5.41 Å². The van der Waals surface area contributed by atoms with Crippen molar-refractivity contribution in [2.45, 2.75) is 47.1 Å². The van der Waals surface area contributed by atoms with Gasteiger partial charge in [0.25, 0.3) is 0 Å². The van der Waals surface area contributed by atoms with Crippen molar-refractivity contribution in [2.24, 2.45) is 5.41 Å². The first-order valence-corrected chi connectivity index (χ1v) is 4.59. The number of hydrazine groups is 1. The first-order chi connectivity index (χ1) is 5.10. The van der Waals surface area contributed by atoms with Crippen molar-refractivity contribution in [1.82, 2.24) is 10.4 Å². The highest BCUT2D eigenvalue weighted by Gasteiger charge is 2.17. The molecule has 1 N–H and O–H groups in total. The van der Waals surface area contributed by atoms with Gasteiger partial charge in [0.15, 0.2) is 0 Å². The summed E-state index contributed by atoms with van der Waals surface area (Å²) in [7, 11) is 2.09. The van der Waals surface area contributed by atoms with E-state index >= 15 is 0 Å². The van der Waals surface area contributed by atoms with Gasteiger partial charge in [-0.25, -0.2) is 5.01 Å². The van der Waals surface area contributed by atoms with Gasteiger partial charge in [0.2, 0.25) is 0 Å². The van der Waals surface area contributed by atoms with E-state index in [1.165, 1.54) is 0 Å². The normalized spacial score (nSPS) is 14.0. The molecule has 0 atom stereocenters. The third kappa shape index (κ3) is 8.02. The van der Waals surface area contributed by atoms with Gasteiger partial charge in [-0.2, -0.15) is 0 Å². The van der Waals surface area contributed by atoms with Gasteiger partial charge in [-0.3, -0.25) is 5.43 Å². The fraction of sp³-hybridized carbons (Fsp3) is 1.00. The Kier molecular flexibility index (Phi) is 3.73. The molecule has 0 radical (unpaired) electrons. The SMILES string of the molecule is CN(CC(C)(C)C)NC(C)(C)C. The van der Waals surface area contributed by atoms with Crippen molar-refractivity contribution in [2.75, 3.05) is 13.6 Å². The van der Waals surface area contributed by atoms with Gasteiger partial charge in [-0.1, -0.05) is 20.8 Å². The summed E-state index contributed by atoms with van der Waals surface area (Å²) in [6.45, 7) is 14.3. The molecule has 0 amide bonds. The van der Waals surface area contributed by atoms with E-state index in [-0.39, 0.29) is 5.54 Å². The monoisotopic (exact) mass is 172 g/mol. The van der Waals surface area contributed by atoms with Crippen molar-refractivity contribution in [1.29, 1.82) is 0 Å².